The fourth-order valence-corrected chi connectivity index (χ4v) is 3.21. The van der Waals surface area contributed by atoms with Crippen LogP contribution in [-0.4, -0.2) is 6.54 Å². The van der Waals surface area contributed by atoms with E-state index >= 15 is 0 Å². The lowest BCUT2D eigenvalue weighted by Gasteiger charge is -2.17. The molecule has 3 heteroatoms. The van der Waals surface area contributed by atoms with Gasteiger partial charge in [-0.3, -0.25) is 0 Å². The predicted octanol–water partition coefficient (Wildman–Crippen LogP) is 4.36. The Hall–Kier alpha value is -1.06. The minimum atomic E-state index is 0.257. The van der Waals surface area contributed by atoms with Gasteiger partial charge in [0.25, 0.3) is 0 Å². The largest absolute Gasteiger partial charge is 0.469 e. The molecule has 2 nitrogen and oxygen atoms in total. The minimum Gasteiger partial charge on any atom is -0.469 e. The highest BCUT2D eigenvalue weighted by atomic mass is 32.1. The average molecular weight is 263 g/mol. The van der Waals surface area contributed by atoms with Crippen LogP contribution in [0, 0.1) is 20.8 Å². The molecule has 1 unspecified atom stereocenters. The van der Waals surface area contributed by atoms with Crippen molar-refractivity contribution in [1.82, 2.24) is 5.32 Å². The average Bonchev–Trinajstić information content (AvgIpc) is 2.87. The SMILES string of the molecule is CCCNC(c1coc(C)c1)c1cc(C)sc1C. The molecule has 0 amide bonds. The highest BCUT2D eigenvalue weighted by Crippen LogP contribution is 2.31. The summed E-state index contributed by atoms with van der Waals surface area (Å²) in [6.45, 7) is 9.56. The predicted molar refractivity (Wildman–Crippen MR) is 77.4 cm³/mol. The molecule has 0 spiro atoms. The number of rotatable bonds is 5. The molecule has 2 rings (SSSR count). The number of nitrogens with one attached hydrogen (secondary N) is 1. The second kappa shape index (κ2) is 5.72. The van der Waals surface area contributed by atoms with E-state index in [2.05, 4.69) is 38.2 Å². The standard InChI is InChI=1S/C15H21NOS/c1-5-6-16-15(13-7-10(2)17-9-13)14-8-11(3)18-12(14)4/h7-9,15-16H,5-6H2,1-4H3. The molecule has 0 aliphatic heterocycles. The third kappa shape index (κ3) is 2.85. The van der Waals surface area contributed by atoms with Crippen molar-refractivity contribution in [1.29, 1.82) is 0 Å². The van der Waals surface area contributed by atoms with E-state index in [1.807, 2.05) is 24.5 Å². The monoisotopic (exact) mass is 263 g/mol. The van der Waals surface area contributed by atoms with E-state index in [1.165, 1.54) is 20.9 Å². The van der Waals surface area contributed by atoms with Gasteiger partial charge in [0.2, 0.25) is 0 Å². The van der Waals surface area contributed by atoms with E-state index in [4.69, 9.17) is 4.42 Å². The first-order chi connectivity index (χ1) is 8.61. The second-order valence-corrected chi connectivity index (χ2v) is 6.21. The highest BCUT2D eigenvalue weighted by molar-refractivity contribution is 7.12. The topological polar surface area (TPSA) is 25.2 Å². The van der Waals surface area contributed by atoms with Gasteiger partial charge in [0.15, 0.2) is 0 Å². The molecule has 2 aromatic heterocycles. The minimum absolute atomic E-state index is 0.257. The van der Waals surface area contributed by atoms with Gasteiger partial charge in [-0.25, -0.2) is 0 Å². The summed E-state index contributed by atoms with van der Waals surface area (Å²) in [5.74, 6) is 0.970. The summed E-state index contributed by atoms with van der Waals surface area (Å²) >= 11 is 1.86. The summed E-state index contributed by atoms with van der Waals surface area (Å²) in [7, 11) is 0. The molecule has 0 saturated heterocycles. The molecule has 0 aromatic carbocycles. The van der Waals surface area contributed by atoms with Gasteiger partial charge >= 0.3 is 0 Å². The maximum atomic E-state index is 5.46. The Balaban J connectivity index is 2.33. The molecule has 1 N–H and O–H groups in total. The molecule has 98 valence electrons. The Kier molecular flexibility index (Phi) is 4.25. The van der Waals surface area contributed by atoms with E-state index < -0.39 is 0 Å². The summed E-state index contributed by atoms with van der Waals surface area (Å²) in [5, 5.41) is 3.62. The van der Waals surface area contributed by atoms with Crippen LogP contribution in [0.15, 0.2) is 22.8 Å². The van der Waals surface area contributed by atoms with Crippen LogP contribution >= 0.6 is 11.3 Å². The molecule has 0 saturated carbocycles. The summed E-state index contributed by atoms with van der Waals surface area (Å²) in [4.78, 5) is 2.76. The van der Waals surface area contributed by atoms with E-state index in [9.17, 15) is 0 Å². The number of thiophene rings is 1. The zero-order chi connectivity index (χ0) is 13.1. The van der Waals surface area contributed by atoms with Gasteiger partial charge in [-0.15, -0.1) is 11.3 Å². The molecule has 0 fully saturated rings. The lowest BCUT2D eigenvalue weighted by atomic mass is 10.0. The lowest BCUT2D eigenvalue weighted by Crippen LogP contribution is -2.22. The molecule has 0 aliphatic rings. The van der Waals surface area contributed by atoms with Crippen molar-refractivity contribution in [3.63, 3.8) is 0 Å². The Morgan fingerprint density at radius 3 is 2.56 bits per heavy atom. The smallest absolute Gasteiger partial charge is 0.101 e. The summed E-state index contributed by atoms with van der Waals surface area (Å²) < 4.78 is 5.46. The molecule has 1 atom stereocenters. The van der Waals surface area contributed by atoms with Crippen molar-refractivity contribution in [2.75, 3.05) is 6.54 Å². The highest BCUT2D eigenvalue weighted by Gasteiger charge is 2.18. The van der Waals surface area contributed by atoms with E-state index in [0.717, 1.165) is 18.7 Å². The Morgan fingerprint density at radius 2 is 2.06 bits per heavy atom. The normalized spacial score (nSPS) is 12.9. The summed E-state index contributed by atoms with van der Waals surface area (Å²) in [6.07, 6.45) is 3.00. The van der Waals surface area contributed by atoms with Crippen molar-refractivity contribution in [3.05, 3.63) is 45.0 Å². The first kappa shape index (κ1) is 13.4. The van der Waals surface area contributed by atoms with Gasteiger partial charge in [-0.1, -0.05) is 6.92 Å². The van der Waals surface area contributed by atoms with Crippen LogP contribution in [0.2, 0.25) is 0 Å². The van der Waals surface area contributed by atoms with Crippen LogP contribution in [0.5, 0.6) is 0 Å². The van der Waals surface area contributed by atoms with Crippen molar-refractivity contribution in [2.45, 2.75) is 40.2 Å². The molecule has 0 aliphatic carbocycles. The van der Waals surface area contributed by atoms with E-state index in [-0.39, 0.29) is 6.04 Å². The van der Waals surface area contributed by atoms with Crippen LogP contribution in [0.4, 0.5) is 0 Å². The van der Waals surface area contributed by atoms with Gasteiger partial charge in [0, 0.05) is 15.3 Å². The molecule has 0 bridgehead atoms. The number of furan rings is 1. The summed E-state index contributed by atoms with van der Waals surface area (Å²) in [5.41, 5.74) is 2.61. The van der Waals surface area contributed by atoms with Gasteiger partial charge in [-0.05, 0) is 51.4 Å². The quantitative estimate of drug-likeness (QED) is 0.867. The van der Waals surface area contributed by atoms with Gasteiger partial charge < -0.3 is 9.73 Å². The molecule has 2 heterocycles. The van der Waals surface area contributed by atoms with Crippen molar-refractivity contribution >= 4 is 11.3 Å². The molecule has 18 heavy (non-hydrogen) atoms. The van der Waals surface area contributed by atoms with Crippen LogP contribution in [0.1, 0.15) is 46.0 Å². The molecular formula is C15H21NOS. The first-order valence-electron chi connectivity index (χ1n) is 6.47. The van der Waals surface area contributed by atoms with Crippen molar-refractivity contribution in [2.24, 2.45) is 0 Å². The van der Waals surface area contributed by atoms with Gasteiger partial charge in [-0.2, -0.15) is 0 Å². The fourth-order valence-electron chi connectivity index (χ4n) is 2.25. The third-order valence-corrected chi connectivity index (χ3v) is 4.05. The number of hydrogen-bond acceptors (Lipinski definition) is 3. The second-order valence-electron chi connectivity index (χ2n) is 4.75. The van der Waals surface area contributed by atoms with Crippen molar-refractivity contribution in [3.8, 4) is 0 Å². The summed E-state index contributed by atoms with van der Waals surface area (Å²) in [6, 6.07) is 4.67. The Morgan fingerprint density at radius 1 is 1.28 bits per heavy atom. The fraction of sp³-hybridized carbons (Fsp3) is 0.467. The lowest BCUT2D eigenvalue weighted by molar-refractivity contribution is 0.523. The van der Waals surface area contributed by atoms with Crippen LogP contribution in [0.3, 0.4) is 0 Å². The Bertz CT molecular complexity index is 512. The van der Waals surface area contributed by atoms with E-state index in [0.29, 0.717) is 0 Å². The van der Waals surface area contributed by atoms with Gasteiger partial charge in [0.05, 0.1) is 12.3 Å². The first-order valence-corrected chi connectivity index (χ1v) is 7.28. The van der Waals surface area contributed by atoms with E-state index in [1.54, 1.807) is 0 Å². The zero-order valence-corrected chi connectivity index (χ0v) is 12.4. The van der Waals surface area contributed by atoms with Crippen LogP contribution in [0.25, 0.3) is 0 Å². The number of hydrogen-bond donors (Lipinski definition) is 1. The Labute approximate surface area is 113 Å². The van der Waals surface area contributed by atoms with Gasteiger partial charge in [0.1, 0.15) is 5.76 Å². The van der Waals surface area contributed by atoms with Crippen LogP contribution < -0.4 is 5.32 Å². The maximum absolute atomic E-state index is 5.46. The van der Waals surface area contributed by atoms with Crippen LogP contribution in [-0.2, 0) is 0 Å². The third-order valence-electron chi connectivity index (χ3n) is 3.07. The molecule has 2 aromatic rings. The maximum Gasteiger partial charge on any atom is 0.101 e. The zero-order valence-electron chi connectivity index (χ0n) is 11.5. The van der Waals surface area contributed by atoms with Crippen molar-refractivity contribution < 1.29 is 4.42 Å². The number of aryl methyl sites for hydroxylation is 3. The molecular weight excluding hydrogens is 242 g/mol. The molecule has 0 radical (unpaired) electrons.